The number of aromatic nitrogens is 4. The van der Waals surface area contributed by atoms with Crippen molar-refractivity contribution in [1.82, 2.24) is 24.3 Å². The van der Waals surface area contributed by atoms with Crippen molar-refractivity contribution < 1.29 is 9.53 Å². The first kappa shape index (κ1) is 15.6. The van der Waals surface area contributed by atoms with E-state index in [0.29, 0.717) is 35.0 Å². The fraction of sp³-hybridized carbons (Fsp3) is 0.538. The molecule has 0 aliphatic heterocycles. The van der Waals surface area contributed by atoms with Crippen LogP contribution in [0.3, 0.4) is 0 Å². The number of rotatable bonds is 7. The van der Waals surface area contributed by atoms with Gasteiger partial charge in [0, 0.05) is 6.54 Å². The molecule has 0 bridgehead atoms. The number of nitrogens with zero attached hydrogens (tertiary/aromatic N) is 5. The van der Waals surface area contributed by atoms with Gasteiger partial charge in [0.05, 0.1) is 25.5 Å². The molecule has 0 spiro atoms. The molecule has 0 aromatic carbocycles. The Morgan fingerprint density at radius 2 is 2.24 bits per heavy atom. The lowest BCUT2D eigenvalue weighted by molar-refractivity contribution is 0.102. The van der Waals surface area contributed by atoms with Crippen LogP contribution in [-0.2, 0) is 13.0 Å². The standard InChI is InChI=1S/C13H19N5O2S/c1-5-9-13(21-16-15-9)12(19)11-10(20-4)8-14-18(11)7-6-17(2)3/h8H,5-7H2,1-4H3. The Labute approximate surface area is 127 Å². The summed E-state index contributed by atoms with van der Waals surface area (Å²) in [6.07, 6.45) is 2.24. The number of ketones is 1. The Hall–Kier alpha value is -1.80. The van der Waals surface area contributed by atoms with Crippen LogP contribution in [0.5, 0.6) is 5.75 Å². The van der Waals surface area contributed by atoms with E-state index in [1.165, 1.54) is 7.11 Å². The summed E-state index contributed by atoms with van der Waals surface area (Å²) in [5.74, 6) is 0.351. The van der Waals surface area contributed by atoms with Crippen LogP contribution in [0, 0.1) is 0 Å². The summed E-state index contributed by atoms with van der Waals surface area (Å²) in [5.41, 5.74) is 1.17. The van der Waals surface area contributed by atoms with Crippen molar-refractivity contribution in [2.75, 3.05) is 27.7 Å². The van der Waals surface area contributed by atoms with Crippen molar-refractivity contribution in [2.45, 2.75) is 19.9 Å². The van der Waals surface area contributed by atoms with Crippen LogP contribution >= 0.6 is 11.5 Å². The summed E-state index contributed by atoms with van der Waals surface area (Å²) in [6.45, 7) is 3.35. The van der Waals surface area contributed by atoms with Gasteiger partial charge >= 0.3 is 0 Å². The minimum Gasteiger partial charge on any atom is -0.493 e. The third-order valence-corrected chi connectivity index (χ3v) is 3.86. The number of ether oxygens (including phenoxy) is 1. The minimum absolute atomic E-state index is 0.130. The highest BCUT2D eigenvalue weighted by Gasteiger charge is 2.25. The van der Waals surface area contributed by atoms with Crippen molar-refractivity contribution in [3.05, 3.63) is 22.5 Å². The van der Waals surface area contributed by atoms with E-state index >= 15 is 0 Å². The fourth-order valence-corrected chi connectivity index (χ4v) is 2.62. The SMILES string of the molecule is CCc1nnsc1C(=O)c1c(OC)cnn1CCN(C)C. The molecule has 2 aromatic heterocycles. The zero-order valence-corrected chi connectivity index (χ0v) is 13.5. The maximum Gasteiger partial charge on any atom is 0.228 e. The first-order valence-corrected chi connectivity index (χ1v) is 7.46. The van der Waals surface area contributed by atoms with Gasteiger partial charge in [-0.15, -0.1) is 5.10 Å². The number of hydrogen-bond donors (Lipinski definition) is 0. The highest BCUT2D eigenvalue weighted by atomic mass is 32.1. The normalized spacial score (nSPS) is 11.1. The minimum atomic E-state index is -0.130. The van der Waals surface area contributed by atoms with Gasteiger partial charge in [-0.1, -0.05) is 11.4 Å². The molecule has 2 rings (SSSR count). The highest BCUT2D eigenvalue weighted by molar-refractivity contribution is 7.08. The van der Waals surface area contributed by atoms with E-state index in [2.05, 4.69) is 14.7 Å². The lowest BCUT2D eigenvalue weighted by atomic mass is 10.1. The molecule has 0 aliphatic carbocycles. The molecular formula is C13H19N5O2S. The van der Waals surface area contributed by atoms with E-state index in [0.717, 1.165) is 18.1 Å². The van der Waals surface area contributed by atoms with Crippen molar-refractivity contribution >= 4 is 17.3 Å². The maximum absolute atomic E-state index is 12.8. The number of likely N-dealkylation sites (N-methyl/N-ethyl adjacent to an activating group) is 1. The third-order valence-electron chi connectivity index (χ3n) is 3.10. The summed E-state index contributed by atoms with van der Waals surface area (Å²) in [4.78, 5) is 15.4. The van der Waals surface area contributed by atoms with Crippen LogP contribution in [0.15, 0.2) is 6.20 Å². The number of carbonyl (C=O) groups excluding carboxylic acids is 1. The van der Waals surface area contributed by atoms with Crippen LogP contribution in [-0.4, -0.2) is 57.8 Å². The van der Waals surface area contributed by atoms with Gasteiger partial charge in [0.1, 0.15) is 4.88 Å². The molecule has 2 aromatic rings. The summed E-state index contributed by atoms with van der Waals surface area (Å²) in [7, 11) is 5.49. The molecule has 7 nitrogen and oxygen atoms in total. The third kappa shape index (κ3) is 3.27. The van der Waals surface area contributed by atoms with E-state index in [-0.39, 0.29) is 5.78 Å². The Morgan fingerprint density at radius 1 is 1.48 bits per heavy atom. The van der Waals surface area contributed by atoms with E-state index in [9.17, 15) is 4.79 Å². The second-order valence-electron chi connectivity index (χ2n) is 4.82. The Kier molecular flexibility index (Phi) is 5.03. The predicted octanol–water partition coefficient (Wildman–Crippen LogP) is 1.10. The second-order valence-corrected chi connectivity index (χ2v) is 5.57. The van der Waals surface area contributed by atoms with Gasteiger partial charge in [0.2, 0.25) is 5.78 Å². The van der Waals surface area contributed by atoms with E-state index in [1.54, 1.807) is 10.9 Å². The first-order valence-electron chi connectivity index (χ1n) is 6.68. The van der Waals surface area contributed by atoms with Crippen LogP contribution in [0.4, 0.5) is 0 Å². The molecule has 0 atom stereocenters. The monoisotopic (exact) mass is 309 g/mol. The lowest BCUT2D eigenvalue weighted by Crippen LogP contribution is -2.22. The van der Waals surface area contributed by atoms with Gasteiger partial charge in [0.25, 0.3) is 0 Å². The average Bonchev–Trinajstić information content (AvgIpc) is 3.10. The van der Waals surface area contributed by atoms with Crippen molar-refractivity contribution in [1.29, 1.82) is 0 Å². The highest BCUT2D eigenvalue weighted by Crippen LogP contribution is 2.24. The molecule has 0 radical (unpaired) electrons. The molecule has 0 saturated heterocycles. The second kappa shape index (κ2) is 6.77. The summed E-state index contributed by atoms with van der Waals surface area (Å²) >= 11 is 1.12. The molecule has 0 aliphatic rings. The van der Waals surface area contributed by atoms with Crippen molar-refractivity contribution in [3.63, 3.8) is 0 Å². The molecule has 0 N–H and O–H groups in total. The Bertz CT molecular complexity index is 620. The van der Waals surface area contributed by atoms with Gasteiger partial charge in [-0.05, 0) is 32.0 Å². The maximum atomic E-state index is 12.8. The molecule has 0 amide bonds. The van der Waals surface area contributed by atoms with Crippen LogP contribution in [0.25, 0.3) is 0 Å². The smallest absolute Gasteiger partial charge is 0.228 e. The molecule has 114 valence electrons. The van der Waals surface area contributed by atoms with Gasteiger partial charge in [-0.25, -0.2) is 0 Å². The largest absolute Gasteiger partial charge is 0.493 e. The van der Waals surface area contributed by atoms with Gasteiger partial charge in [-0.3, -0.25) is 9.48 Å². The lowest BCUT2D eigenvalue weighted by Gasteiger charge is -2.11. The van der Waals surface area contributed by atoms with Crippen molar-refractivity contribution in [2.24, 2.45) is 0 Å². The molecule has 8 heteroatoms. The molecule has 0 saturated carbocycles. The first-order chi connectivity index (χ1) is 10.1. The van der Waals surface area contributed by atoms with Gasteiger partial charge in [0.15, 0.2) is 11.4 Å². The van der Waals surface area contributed by atoms with Crippen LogP contribution < -0.4 is 4.74 Å². The number of carbonyl (C=O) groups is 1. The molecule has 0 unspecified atom stereocenters. The topological polar surface area (TPSA) is 73.1 Å². The Morgan fingerprint density at radius 3 is 2.86 bits per heavy atom. The summed E-state index contributed by atoms with van der Waals surface area (Å²) in [6, 6.07) is 0. The number of aryl methyl sites for hydroxylation is 1. The van der Waals surface area contributed by atoms with E-state index in [1.807, 2.05) is 25.9 Å². The Balaban J connectivity index is 2.36. The zero-order valence-electron chi connectivity index (χ0n) is 12.7. The van der Waals surface area contributed by atoms with Gasteiger partial charge < -0.3 is 9.64 Å². The predicted molar refractivity (Wildman–Crippen MR) is 80.1 cm³/mol. The number of methoxy groups -OCH3 is 1. The zero-order chi connectivity index (χ0) is 15.4. The summed E-state index contributed by atoms with van der Waals surface area (Å²) in [5, 5.41) is 8.25. The molecule has 2 heterocycles. The quantitative estimate of drug-likeness (QED) is 0.713. The van der Waals surface area contributed by atoms with Crippen LogP contribution in [0.1, 0.15) is 28.0 Å². The average molecular weight is 309 g/mol. The van der Waals surface area contributed by atoms with E-state index < -0.39 is 0 Å². The molecule has 0 fully saturated rings. The van der Waals surface area contributed by atoms with Gasteiger partial charge in [-0.2, -0.15) is 5.10 Å². The molecule has 21 heavy (non-hydrogen) atoms. The fourth-order valence-electron chi connectivity index (χ4n) is 1.93. The van der Waals surface area contributed by atoms with Crippen LogP contribution in [0.2, 0.25) is 0 Å². The van der Waals surface area contributed by atoms with E-state index in [4.69, 9.17) is 4.74 Å². The molecular weight excluding hydrogens is 290 g/mol. The summed E-state index contributed by atoms with van der Waals surface area (Å²) < 4.78 is 10.8. The number of hydrogen-bond acceptors (Lipinski definition) is 7. The van der Waals surface area contributed by atoms with Crippen molar-refractivity contribution in [3.8, 4) is 5.75 Å².